The van der Waals surface area contributed by atoms with Gasteiger partial charge in [-0.25, -0.2) is 4.39 Å². The summed E-state index contributed by atoms with van der Waals surface area (Å²) in [7, 11) is 0. The zero-order valence-corrected chi connectivity index (χ0v) is 10.6. The van der Waals surface area contributed by atoms with Crippen LogP contribution in [0.15, 0.2) is 22.7 Å². The van der Waals surface area contributed by atoms with Crippen molar-refractivity contribution >= 4 is 21.8 Å². The number of hydrogen-bond acceptors (Lipinski definition) is 2. The summed E-state index contributed by atoms with van der Waals surface area (Å²) >= 11 is 3.04. The van der Waals surface area contributed by atoms with Crippen LogP contribution in [0.1, 0.15) is 23.7 Å². The van der Waals surface area contributed by atoms with Crippen molar-refractivity contribution < 1.29 is 9.18 Å². The van der Waals surface area contributed by atoms with Gasteiger partial charge in [-0.05, 0) is 34.5 Å². The van der Waals surface area contributed by atoms with Crippen LogP contribution in [-0.2, 0) is 0 Å². The lowest BCUT2D eigenvalue weighted by atomic mass is 10.1. The van der Waals surface area contributed by atoms with E-state index in [4.69, 9.17) is 5.73 Å². The van der Waals surface area contributed by atoms with Crippen LogP contribution < -0.4 is 11.1 Å². The SMILES string of the molecule is CCC(CN)NC(=O)c1cccc(Br)c1F. The molecule has 1 unspecified atom stereocenters. The van der Waals surface area contributed by atoms with Gasteiger partial charge >= 0.3 is 0 Å². The number of nitrogens with two attached hydrogens (primary N) is 1. The molecule has 0 bridgehead atoms. The van der Waals surface area contributed by atoms with Crippen molar-refractivity contribution in [2.45, 2.75) is 19.4 Å². The Morgan fingerprint density at radius 1 is 1.62 bits per heavy atom. The first-order valence-electron chi connectivity index (χ1n) is 5.05. The lowest BCUT2D eigenvalue weighted by Crippen LogP contribution is -2.40. The lowest BCUT2D eigenvalue weighted by Gasteiger charge is -2.14. The van der Waals surface area contributed by atoms with Crippen molar-refractivity contribution in [1.82, 2.24) is 5.32 Å². The van der Waals surface area contributed by atoms with Crippen LogP contribution in [0.2, 0.25) is 0 Å². The number of nitrogens with one attached hydrogen (secondary N) is 1. The minimum Gasteiger partial charge on any atom is -0.348 e. The summed E-state index contributed by atoms with van der Waals surface area (Å²) in [6, 6.07) is 4.49. The fourth-order valence-corrected chi connectivity index (χ4v) is 1.64. The van der Waals surface area contributed by atoms with Crippen molar-refractivity contribution in [2.75, 3.05) is 6.54 Å². The molecule has 5 heteroatoms. The van der Waals surface area contributed by atoms with E-state index in [1.165, 1.54) is 6.07 Å². The second kappa shape index (κ2) is 5.96. The standard InChI is InChI=1S/C11H14BrFN2O/c1-2-7(6-14)15-11(16)8-4-3-5-9(12)10(8)13/h3-5,7H,2,6,14H2,1H3,(H,15,16). The number of hydrogen-bond donors (Lipinski definition) is 2. The van der Waals surface area contributed by atoms with Gasteiger partial charge in [-0.3, -0.25) is 4.79 Å². The van der Waals surface area contributed by atoms with E-state index in [-0.39, 0.29) is 16.1 Å². The minimum absolute atomic E-state index is 0.0290. The van der Waals surface area contributed by atoms with Crippen LogP contribution in [0.5, 0.6) is 0 Å². The first-order valence-corrected chi connectivity index (χ1v) is 5.84. The van der Waals surface area contributed by atoms with E-state index in [9.17, 15) is 9.18 Å². The van der Waals surface area contributed by atoms with E-state index in [1.807, 2.05) is 6.92 Å². The van der Waals surface area contributed by atoms with Gasteiger partial charge in [-0.2, -0.15) is 0 Å². The van der Waals surface area contributed by atoms with Crippen molar-refractivity contribution in [3.63, 3.8) is 0 Å². The molecule has 0 aliphatic carbocycles. The average molecular weight is 289 g/mol. The van der Waals surface area contributed by atoms with E-state index in [2.05, 4.69) is 21.2 Å². The van der Waals surface area contributed by atoms with Crippen molar-refractivity contribution in [1.29, 1.82) is 0 Å². The van der Waals surface area contributed by atoms with Crippen molar-refractivity contribution in [3.05, 3.63) is 34.1 Å². The van der Waals surface area contributed by atoms with Gasteiger partial charge in [0.2, 0.25) is 0 Å². The number of amides is 1. The summed E-state index contributed by atoms with van der Waals surface area (Å²) in [5.41, 5.74) is 5.49. The molecular formula is C11H14BrFN2O. The van der Waals surface area contributed by atoms with Gasteiger partial charge in [0.15, 0.2) is 0 Å². The third-order valence-electron chi connectivity index (χ3n) is 2.31. The highest BCUT2D eigenvalue weighted by atomic mass is 79.9. The Balaban J connectivity index is 2.84. The zero-order valence-electron chi connectivity index (χ0n) is 8.97. The third kappa shape index (κ3) is 3.02. The molecular weight excluding hydrogens is 275 g/mol. The number of carbonyl (C=O) groups excluding carboxylic acids is 1. The molecule has 0 saturated carbocycles. The van der Waals surface area contributed by atoms with Crippen LogP contribution in [-0.4, -0.2) is 18.5 Å². The van der Waals surface area contributed by atoms with Gasteiger partial charge in [0.1, 0.15) is 5.82 Å². The molecule has 1 atom stereocenters. The molecule has 0 fully saturated rings. The second-order valence-electron chi connectivity index (χ2n) is 3.42. The quantitative estimate of drug-likeness (QED) is 0.891. The molecule has 1 aromatic rings. The predicted octanol–water partition coefficient (Wildman–Crippen LogP) is 2.06. The van der Waals surface area contributed by atoms with Gasteiger partial charge in [-0.15, -0.1) is 0 Å². The highest BCUT2D eigenvalue weighted by molar-refractivity contribution is 9.10. The highest BCUT2D eigenvalue weighted by Gasteiger charge is 2.16. The summed E-state index contributed by atoms with van der Waals surface area (Å²) < 4.78 is 13.9. The van der Waals surface area contributed by atoms with Crippen LogP contribution >= 0.6 is 15.9 Å². The molecule has 0 heterocycles. The first kappa shape index (κ1) is 13.1. The van der Waals surface area contributed by atoms with E-state index < -0.39 is 11.7 Å². The smallest absolute Gasteiger partial charge is 0.254 e. The van der Waals surface area contributed by atoms with Crippen molar-refractivity contribution in [2.24, 2.45) is 5.73 Å². The molecule has 0 radical (unpaired) electrons. The zero-order chi connectivity index (χ0) is 12.1. The Kier molecular flexibility index (Phi) is 4.89. The summed E-state index contributed by atoms with van der Waals surface area (Å²) in [6.45, 7) is 2.26. The minimum atomic E-state index is -0.549. The van der Waals surface area contributed by atoms with Gasteiger partial charge in [0.25, 0.3) is 5.91 Å². The maximum atomic E-state index is 13.6. The maximum absolute atomic E-state index is 13.6. The van der Waals surface area contributed by atoms with E-state index >= 15 is 0 Å². The molecule has 0 aromatic heterocycles. The normalized spacial score (nSPS) is 12.2. The predicted molar refractivity (Wildman–Crippen MR) is 64.7 cm³/mol. The maximum Gasteiger partial charge on any atom is 0.254 e. The molecule has 0 aliphatic heterocycles. The third-order valence-corrected chi connectivity index (χ3v) is 2.92. The second-order valence-corrected chi connectivity index (χ2v) is 4.27. The van der Waals surface area contributed by atoms with Gasteiger partial charge < -0.3 is 11.1 Å². The van der Waals surface area contributed by atoms with Crippen LogP contribution in [0.3, 0.4) is 0 Å². The Bertz CT molecular complexity index is 380. The number of halogens is 2. The van der Waals surface area contributed by atoms with Gasteiger partial charge in [-0.1, -0.05) is 13.0 Å². The van der Waals surface area contributed by atoms with E-state index in [1.54, 1.807) is 12.1 Å². The molecule has 1 aromatic carbocycles. The molecule has 3 nitrogen and oxygen atoms in total. The Morgan fingerprint density at radius 2 is 2.31 bits per heavy atom. The Labute approximate surface area is 102 Å². The Morgan fingerprint density at radius 3 is 2.88 bits per heavy atom. The fraction of sp³-hybridized carbons (Fsp3) is 0.364. The van der Waals surface area contributed by atoms with E-state index in [0.29, 0.717) is 6.54 Å². The molecule has 0 spiro atoms. The molecule has 16 heavy (non-hydrogen) atoms. The van der Waals surface area contributed by atoms with Gasteiger partial charge in [0.05, 0.1) is 10.0 Å². The molecule has 1 rings (SSSR count). The molecule has 1 amide bonds. The van der Waals surface area contributed by atoms with E-state index in [0.717, 1.165) is 6.42 Å². The van der Waals surface area contributed by atoms with Gasteiger partial charge in [0, 0.05) is 12.6 Å². The monoisotopic (exact) mass is 288 g/mol. The largest absolute Gasteiger partial charge is 0.348 e. The summed E-state index contributed by atoms with van der Waals surface area (Å²) in [4.78, 5) is 11.7. The molecule has 0 saturated heterocycles. The van der Waals surface area contributed by atoms with Crippen molar-refractivity contribution in [3.8, 4) is 0 Å². The first-order chi connectivity index (χ1) is 7.60. The molecule has 3 N–H and O–H groups in total. The highest BCUT2D eigenvalue weighted by Crippen LogP contribution is 2.18. The Hall–Kier alpha value is -0.940. The average Bonchev–Trinajstić information content (AvgIpc) is 2.29. The van der Waals surface area contributed by atoms with Crippen LogP contribution in [0.4, 0.5) is 4.39 Å². The van der Waals surface area contributed by atoms with Crippen LogP contribution in [0, 0.1) is 5.82 Å². The summed E-state index contributed by atoms with van der Waals surface area (Å²) in [5, 5.41) is 2.68. The van der Waals surface area contributed by atoms with Crippen LogP contribution in [0.25, 0.3) is 0 Å². The lowest BCUT2D eigenvalue weighted by molar-refractivity contribution is 0.0933. The number of carbonyl (C=O) groups is 1. The number of rotatable bonds is 4. The topological polar surface area (TPSA) is 55.1 Å². The number of benzene rings is 1. The summed E-state index contributed by atoms with van der Waals surface area (Å²) in [6.07, 6.45) is 0.720. The fourth-order valence-electron chi connectivity index (χ4n) is 1.27. The molecule has 88 valence electrons. The molecule has 0 aliphatic rings. The summed E-state index contributed by atoms with van der Waals surface area (Å²) in [5.74, 6) is -0.983.